The Morgan fingerprint density at radius 2 is 1.84 bits per heavy atom. The third kappa shape index (κ3) is 4.04. The van der Waals surface area contributed by atoms with Crippen LogP contribution in [0.5, 0.6) is 5.75 Å². The summed E-state index contributed by atoms with van der Waals surface area (Å²) in [6.45, 7) is 1.91. The van der Waals surface area contributed by atoms with E-state index in [2.05, 4.69) is 40.4 Å². The second-order valence-electron chi connectivity index (χ2n) is 9.29. The van der Waals surface area contributed by atoms with E-state index in [1.54, 1.807) is 49.1 Å². The fourth-order valence-electron chi connectivity index (χ4n) is 4.91. The van der Waals surface area contributed by atoms with Gasteiger partial charge in [-0.2, -0.15) is 5.10 Å². The molecule has 0 atom stereocenters. The number of fused-ring (bicyclic) bond motifs is 2. The molecule has 6 aromatic rings. The molecule has 0 amide bonds. The van der Waals surface area contributed by atoms with Crippen LogP contribution in [0.4, 0.5) is 4.39 Å². The Balaban J connectivity index is 1.26. The van der Waals surface area contributed by atoms with Crippen molar-refractivity contribution in [2.45, 2.75) is 18.9 Å². The molecule has 3 N–H and O–H groups in total. The third-order valence-electron chi connectivity index (χ3n) is 6.83. The van der Waals surface area contributed by atoms with Crippen LogP contribution in [0.1, 0.15) is 12.8 Å². The van der Waals surface area contributed by atoms with Gasteiger partial charge in [0.2, 0.25) is 0 Å². The molecule has 0 spiro atoms. The molecule has 0 radical (unpaired) electrons. The van der Waals surface area contributed by atoms with Crippen molar-refractivity contribution in [1.82, 2.24) is 40.4 Å². The van der Waals surface area contributed by atoms with Crippen LogP contribution in [0.25, 0.3) is 56.0 Å². The number of benzene rings is 1. The van der Waals surface area contributed by atoms with Gasteiger partial charge in [-0.05, 0) is 50.2 Å². The van der Waals surface area contributed by atoms with E-state index >= 15 is 0 Å². The van der Waals surface area contributed by atoms with E-state index in [1.165, 1.54) is 6.07 Å². The molecule has 38 heavy (non-hydrogen) atoms. The van der Waals surface area contributed by atoms with Crippen LogP contribution in [0.3, 0.4) is 0 Å². The van der Waals surface area contributed by atoms with Crippen LogP contribution in [-0.2, 0) is 0 Å². The molecule has 10 heteroatoms. The molecular formula is C28H23FN8O. The first-order chi connectivity index (χ1) is 18.7. The van der Waals surface area contributed by atoms with Gasteiger partial charge in [0.15, 0.2) is 11.5 Å². The summed E-state index contributed by atoms with van der Waals surface area (Å²) in [6, 6.07) is 12.4. The van der Waals surface area contributed by atoms with Crippen molar-refractivity contribution in [1.29, 1.82) is 0 Å². The maximum atomic E-state index is 14.6. The van der Waals surface area contributed by atoms with Gasteiger partial charge in [-0.3, -0.25) is 15.1 Å². The number of piperidine rings is 1. The Morgan fingerprint density at radius 1 is 0.947 bits per heavy atom. The third-order valence-corrected chi connectivity index (χ3v) is 6.83. The van der Waals surface area contributed by atoms with Gasteiger partial charge in [0, 0.05) is 34.5 Å². The molecule has 5 aromatic heterocycles. The van der Waals surface area contributed by atoms with E-state index in [-0.39, 0.29) is 11.9 Å². The second-order valence-corrected chi connectivity index (χ2v) is 9.29. The van der Waals surface area contributed by atoms with E-state index in [1.807, 2.05) is 12.1 Å². The number of aromatic nitrogens is 7. The maximum absolute atomic E-state index is 14.6. The first-order valence-electron chi connectivity index (χ1n) is 12.5. The van der Waals surface area contributed by atoms with Gasteiger partial charge < -0.3 is 15.0 Å². The summed E-state index contributed by atoms with van der Waals surface area (Å²) in [5.74, 6) is 0.950. The van der Waals surface area contributed by atoms with Crippen molar-refractivity contribution in [3.63, 3.8) is 0 Å². The summed E-state index contributed by atoms with van der Waals surface area (Å²) in [4.78, 5) is 21.4. The number of ether oxygens (including phenoxy) is 1. The minimum Gasteiger partial charge on any atom is -0.489 e. The highest BCUT2D eigenvalue weighted by molar-refractivity contribution is 5.96. The molecule has 1 aliphatic heterocycles. The molecule has 7 rings (SSSR count). The van der Waals surface area contributed by atoms with Crippen LogP contribution in [0.15, 0.2) is 67.3 Å². The van der Waals surface area contributed by atoms with Crippen LogP contribution in [0.2, 0.25) is 0 Å². The van der Waals surface area contributed by atoms with Crippen molar-refractivity contribution in [3.05, 3.63) is 73.1 Å². The Labute approximate surface area is 216 Å². The normalized spacial score (nSPS) is 14.3. The fraction of sp³-hybridized carbons (Fsp3) is 0.179. The SMILES string of the molecule is Fc1ccccc1-c1ccnc2nc(-c3n[nH]c4cnc(-c5cncc(OC6CCNCC6)c5)cc34)[nH]c12. The highest BCUT2D eigenvalue weighted by Gasteiger charge is 2.19. The number of pyridine rings is 3. The average Bonchev–Trinajstić information content (AvgIpc) is 3.58. The molecule has 0 unspecified atom stereocenters. The zero-order valence-electron chi connectivity index (χ0n) is 20.3. The van der Waals surface area contributed by atoms with Gasteiger partial charge in [0.05, 0.1) is 29.1 Å². The molecule has 0 saturated carbocycles. The molecule has 0 bridgehead atoms. The summed E-state index contributed by atoms with van der Waals surface area (Å²) in [5, 5.41) is 11.7. The zero-order chi connectivity index (χ0) is 25.5. The maximum Gasteiger partial charge on any atom is 0.178 e. The Hall–Kier alpha value is -4.70. The van der Waals surface area contributed by atoms with Gasteiger partial charge in [0.1, 0.15) is 23.4 Å². The van der Waals surface area contributed by atoms with E-state index < -0.39 is 0 Å². The minimum absolute atomic E-state index is 0.181. The topological polar surface area (TPSA) is 117 Å². The summed E-state index contributed by atoms with van der Waals surface area (Å²) in [6.07, 6.45) is 9.01. The van der Waals surface area contributed by atoms with E-state index in [0.717, 1.165) is 53.8 Å². The average molecular weight is 507 g/mol. The van der Waals surface area contributed by atoms with Gasteiger partial charge in [-0.15, -0.1) is 0 Å². The predicted octanol–water partition coefficient (Wildman–Crippen LogP) is 4.90. The summed E-state index contributed by atoms with van der Waals surface area (Å²) < 4.78 is 20.7. The van der Waals surface area contributed by atoms with Gasteiger partial charge in [-0.1, -0.05) is 18.2 Å². The highest BCUT2D eigenvalue weighted by atomic mass is 19.1. The number of H-pyrrole nitrogens is 2. The van der Waals surface area contributed by atoms with Crippen LogP contribution >= 0.6 is 0 Å². The Bertz CT molecular complexity index is 1770. The summed E-state index contributed by atoms with van der Waals surface area (Å²) in [7, 11) is 0. The number of aromatic amines is 2. The van der Waals surface area contributed by atoms with Gasteiger partial charge in [-0.25, -0.2) is 14.4 Å². The number of rotatable bonds is 5. The quantitative estimate of drug-likeness (QED) is 0.305. The lowest BCUT2D eigenvalue weighted by atomic mass is 10.1. The largest absolute Gasteiger partial charge is 0.489 e. The zero-order valence-corrected chi connectivity index (χ0v) is 20.3. The first kappa shape index (κ1) is 22.5. The number of halogens is 1. The smallest absolute Gasteiger partial charge is 0.178 e. The standard InChI is InChI=1S/C28H23FN8O/c29-22-4-2-1-3-19(22)20-7-10-32-27-25(20)34-28(35-27)26-21-12-23(33-15-24(21)36-37-26)16-11-18(14-31-13-16)38-17-5-8-30-9-6-17/h1-4,7,10-15,17,30H,5-6,8-9H2,(H,36,37)(H,32,34,35). The molecule has 1 aromatic carbocycles. The van der Waals surface area contributed by atoms with Crippen molar-refractivity contribution in [2.75, 3.05) is 13.1 Å². The van der Waals surface area contributed by atoms with Crippen LogP contribution < -0.4 is 10.1 Å². The molecular weight excluding hydrogens is 483 g/mol. The molecule has 0 aliphatic carbocycles. The second kappa shape index (κ2) is 9.31. The van der Waals surface area contributed by atoms with E-state index in [9.17, 15) is 4.39 Å². The number of hydrogen-bond donors (Lipinski definition) is 3. The monoisotopic (exact) mass is 506 g/mol. The summed E-state index contributed by atoms with van der Waals surface area (Å²) in [5.41, 5.74) is 5.27. The molecule has 188 valence electrons. The number of imidazole rings is 1. The predicted molar refractivity (Wildman–Crippen MR) is 142 cm³/mol. The van der Waals surface area contributed by atoms with E-state index in [4.69, 9.17) is 4.74 Å². The molecule has 6 heterocycles. The number of nitrogens with one attached hydrogen (secondary N) is 3. The highest BCUT2D eigenvalue weighted by Crippen LogP contribution is 2.33. The molecule has 1 fully saturated rings. The van der Waals surface area contributed by atoms with Gasteiger partial charge in [0.25, 0.3) is 0 Å². The molecule has 9 nitrogen and oxygen atoms in total. The lowest BCUT2D eigenvalue weighted by Crippen LogP contribution is -2.34. The molecule has 1 saturated heterocycles. The van der Waals surface area contributed by atoms with Crippen LogP contribution in [0, 0.1) is 5.82 Å². The fourth-order valence-corrected chi connectivity index (χ4v) is 4.91. The minimum atomic E-state index is -0.308. The number of nitrogens with zero attached hydrogens (tertiary/aromatic N) is 5. The first-order valence-corrected chi connectivity index (χ1v) is 12.5. The van der Waals surface area contributed by atoms with Crippen molar-refractivity contribution in [2.24, 2.45) is 0 Å². The Morgan fingerprint density at radius 3 is 2.74 bits per heavy atom. The number of hydrogen-bond acceptors (Lipinski definition) is 7. The van der Waals surface area contributed by atoms with Crippen molar-refractivity contribution < 1.29 is 9.13 Å². The van der Waals surface area contributed by atoms with Crippen molar-refractivity contribution >= 4 is 22.1 Å². The Kier molecular flexibility index (Phi) is 5.51. The molecule has 1 aliphatic rings. The van der Waals surface area contributed by atoms with E-state index in [0.29, 0.717) is 33.8 Å². The van der Waals surface area contributed by atoms with Gasteiger partial charge >= 0.3 is 0 Å². The lowest BCUT2D eigenvalue weighted by molar-refractivity contribution is 0.162. The van der Waals surface area contributed by atoms with Crippen molar-refractivity contribution in [3.8, 4) is 39.7 Å². The summed E-state index contributed by atoms with van der Waals surface area (Å²) >= 11 is 0. The van der Waals surface area contributed by atoms with Crippen LogP contribution in [-0.4, -0.2) is 54.3 Å². The lowest BCUT2D eigenvalue weighted by Gasteiger charge is -2.23.